The van der Waals surface area contributed by atoms with Gasteiger partial charge in [-0.25, -0.2) is 4.79 Å². The minimum atomic E-state index is -4.94. The predicted octanol–water partition coefficient (Wildman–Crippen LogP) is 15.4. The third-order valence-corrected chi connectivity index (χ3v) is 19.6. The minimum Gasteiger partial charge on any atom is -1.00 e. The first kappa shape index (κ1) is 144. The van der Waals surface area contributed by atoms with Crippen LogP contribution in [0.15, 0.2) is 163 Å². The fraction of sp³-hybridized carbons (Fsp3) is 0.515. The molecule has 758 valence electrons. The van der Waals surface area contributed by atoms with E-state index in [1.54, 1.807) is 77.4 Å². The number of hydrogen-bond donors (Lipinski definition) is 14. The second-order valence-electron chi connectivity index (χ2n) is 28.9. The van der Waals surface area contributed by atoms with Crippen LogP contribution >= 0.6 is 63.7 Å². The van der Waals surface area contributed by atoms with Crippen LogP contribution in [0.25, 0.3) is 0 Å². The number of rotatable bonds is 30. The van der Waals surface area contributed by atoms with Crippen LogP contribution in [0.2, 0.25) is 0 Å². The van der Waals surface area contributed by atoms with Crippen LogP contribution in [-0.4, -0.2) is 195 Å². The molecule has 2 amide bonds. The van der Waals surface area contributed by atoms with Crippen molar-refractivity contribution in [1.29, 1.82) is 5.26 Å². The van der Waals surface area contributed by atoms with Crippen molar-refractivity contribution in [2.24, 2.45) is 11.5 Å². The van der Waals surface area contributed by atoms with E-state index in [9.17, 15) is 99.5 Å². The molecule has 2 aliphatic heterocycles. The SMILES string of the molecule is C.C#CC(O)(CCC)CCC.C1CCOC1.C1CCOC1.CCCC(O)(C#Cc1cccc(C(O)CCN)c1)CCC.CCCC(O)(C#Cc1cccc(C(O)CCNC(=O)C(F)(F)F)c1)CCC.CCOC(=O)C(F)(F)F.CO.N.N#CCC(O)c1cccc(Br)c1.NCCC(O)c1cccc(Br)c1.O.O=C(NCCC(O)c1cccc(Br)c1)C(F)(F)F.O=Cc1cccc(Br)c1.[AlH3].[H-].[Li+]. The Morgan fingerprint density at radius 3 is 1.00 bits per heavy atom. The molecule has 2 aliphatic rings. The van der Waals surface area contributed by atoms with Gasteiger partial charge in [0.1, 0.15) is 23.1 Å². The number of nitrogens with zero attached hydrogens (tertiary/aromatic N) is 1. The van der Waals surface area contributed by atoms with Gasteiger partial charge in [-0.15, -0.1) is 6.42 Å². The number of nitrogens with two attached hydrogens (primary N) is 2. The summed E-state index contributed by atoms with van der Waals surface area (Å²) in [6, 6.07) is 45.1. The first-order valence-electron chi connectivity index (χ1n) is 42.5. The Morgan fingerprint density at radius 2 is 0.770 bits per heavy atom. The van der Waals surface area contributed by atoms with Crippen molar-refractivity contribution in [3.05, 3.63) is 208 Å². The van der Waals surface area contributed by atoms with Crippen molar-refractivity contribution in [1.82, 2.24) is 16.8 Å². The second kappa shape index (κ2) is 84.3. The van der Waals surface area contributed by atoms with E-state index >= 15 is 0 Å². The molecule has 5 unspecified atom stereocenters. The monoisotopic (exact) mass is 2180 g/mol. The van der Waals surface area contributed by atoms with Crippen molar-refractivity contribution in [3.63, 3.8) is 0 Å². The number of amides is 2. The third kappa shape index (κ3) is 72.3. The molecule has 0 saturated carbocycles. The summed E-state index contributed by atoms with van der Waals surface area (Å²) < 4.78 is 123. The average Bonchev–Trinajstić information content (AvgIpc) is 0.868. The Kier molecular flexibility index (Phi) is 89.7. The number of aliphatic hydroxyl groups excluding tert-OH is 6. The molecule has 2 heterocycles. The summed E-state index contributed by atoms with van der Waals surface area (Å²) in [4.78, 5) is 41.1. The topological polar surface area (TPSA) is 444 Å². The first-order chi connectivity index (χ1) is 61.4. The number of nitriles is 1. The van der Waals surface area contributed by atoms with Crippen LogP contribution in [0.1, 0.15) is 272 Å². The number of ether oxygens (including phenoxy) is 3. The molecule has 0 spiro atoms. The van der Waals surface area contributed by atoms with Gasteiger partial charge in [0.25, 0.3) is 0 Å². The van der Waals surface area contributed by atoms with E-state index in [1.165, 1.54) is 32.6 Å². The normalized spacial score (nSPS) is 12.5. The summed E-state index contributed by atoms with van der Waals surface area (Å²) in [6.07, 6.45) is 3.28. The molecule has 2 saturated heterocycles. The summed E-state index contributed by atoms with van der Waals surface area (Å²) in [6.45, 7) is 17.6. The van der Waals surface area contributed by atoms with E-state index in [-0.39, 0.29) is 95.7 Å². The van der Waals surface area contributed by atoms with E-state index < -0.39 is 83.6 Å². The van der Waals surface area contributed by atoms with E-state index in [4.69, 9.17) is 37.7 Å². The van der Waals surface area contributed by atoms with Gasteiger partial charge < -0.3 is 95.3 Å². The molecule has 135 heavy (non-hydrogen) atoms. The Bertz CT molecular complexity index is 4270. The molecule has 2 fully saturated rings. The fourth-order valence-corrected chi connectivity index (χ4v) is 12.9. The van der Waals surface area contributed by atoms with Gasteiger partial charge in [0.15, 0.2) is 17.4 Å². The number of carbonyl (C=O) groups is 4. The van der Waals surface area contributed by atoms with Crippen LogP contribution in [0.4, 0.5) is 39.5 Å². The van der Waals surface area contributed by atoms with E-state index in [0.29, 0.717) is 73.9 Å². The van der Waals surface area contributed by atoms with Gasteiger partial charge in [-0.2, -0.15) is 44.8 Å². The predicted molar refractivity (Wildman–Crippen MR) is 529 cm³/mol. The molecule has 38 heteroatoms. The van der Waals surface area contributed by atoms with Gasteiger partial charge in [0, 0.05) is 81.2 Å². The number of benzene rings is 6. The number of terminal acetylenes is 1. The van der Waals surface area contributed by atoms with Crippen molar-refractivity contribution in [2.45, 2.75) is 257 Å². The van der Waals surface area contributed by atoms with Crippen LogP contribution in [-0.2, 0) is 28.6 Å². The van der Waals surface area contributed by atoms with Crippen molar-refractivity contribution >= 4 is 105 Å². The maximum Gasteiger partial charge on any atom is 1.00 e. The van der Waals surface area contributed by atoms with Gasteiger partial charge in [-0.05, 0) is 211 Å². The van der Waals surface area contributed by atoms with Crippen molar-refractivity contribution in [3.8, 4) is 42.1 Å². The zero-order chi connectivity index (χ0) is 99.2. The van der Waals surface area contributed by atoms with Gasteiger partial charge in [0.2, 0.25) is 0 Å². The van der Waals surface area contributed by atoms with Crippen LogP contribution < -0.4 is 47.1 Å². The molecule has 23 nitrogen and oxygen atoms in total. The molecule has 6 aromatic rings. The average molecular weight is 2190 g/mol. The minimum absolute atomic E-state index is 0. The molecular weight excluding hydrogens is 2050 g/mol. The van der Waals surface area contributed by atoms with Gasteiger partial charge >= 0.3 is 55.2 Å². The van der Waals surface area contributed by atoms with Gasteiger partial charge in [0.05, 0.1) is 49.6 Å². The van der Waals surface area contributed by atoms with Gasteiger partial charge in [-0.3, -0.25) is 14.4 Å². The maximum absolute atomic E-state index is 12.1. The maximum atomic E-state index is 12.1. The van der Waals surface area contributed by atoms with Crippen molar-refractivity contribution < 1.29 is 145 Å². The molecule has 0 radical (unpaired) electrons. The molecular formula is C97H143AlBr4F9LiN6O17. The molecule has 5 atom stereocenters. The molecule has 0 aliphatic carbocycles. The molecule has 8 rings (SSSR count). The van der Waals surface area contributed by atoms with E-state index in [0.717, 1.165) is 131 Å². The summed E-state index contributed by atoms with van der Waals surface area (Å²) in [5.41, 5.74) is 13.7. The standard InChI is InChI=1S/C20H26F3NO3.C18H27NO2.C11H11BrF3NO2.C9H12BrNO.C9H8BrNO.C9H16O.C7H5BrO.C4H5F3O2.2C4H8O.CH4O.CH4.Al.Li.H3N.H2O.4H/c1-3-10-19(27,11-4-2)12-8-15-6-5-7-16(14-15)17(25)9-13-24-18(26)20(21,22)23;1-3-10-18(21,11-4-2)12-8-15-6-5-7-16(14-15)17(20)9-13-19;12-8-3-1-2-7(6-8)9(17)4-5-16-10(18)11(13,14)15;2*10-8-3-1-2-7(6-8)9(12)4-5-11;1-4-7-9(10,6-3)8-5-2;8-7-3-1-2-6(4-7)5-9;1-2-9-3(8)4(5,6)7;2*1-2-4-5-3-1;1-2;;;;;;;;;/h5-7,14,17,25,27H,3-4,9-11,13H2,1-2H3,(H,24,26);5-7,14,17,20-21H,3-4,9-11,13,19H2,1-2H3;1-3,6,9,17H,4-5H2,(H,16,18);1-3,6,9,12H,4-5,11H2;1-3,6,9,12H,4H2;3,10H,4-5,7-8H2,1-2H3;1-5H;2H2,1H3;2*1-4H2;2H,1H3;1H4;;;1H3;1H2;;;;/q;;;;;;;;;;;;;+1;;;;;;-1. The number of alkyl halides is 9. The number of nitrogens with one attached hydrogen (secondary N) is 2. The Morgan fingerprint density at radius 1 is 0.489 bits per heavy atom. The Hall–Kier alpha value is -6.61. The molecule has 6 aromatic carbocycles. The summed E-state index contributed by atoms with van der Waals surface area (Å²) in [7, 11) is 1.00. The Labute approximate surface area is 850 Å². The van der Waals surface area contributed by atoms with Crippen molar-refractivity contribution in [2.75, 3.05) is 66.3 Å². The smallest absolute Gasteiger partial charge is 1.00 e. The molecule has 0 aromatic heterocycles. The summed E-state index contributed by atoms with van der Waals surface area (Å²) in [5, 5.41) is 98.1. The Balaban J connectivity index is -0.000000193. The van der Waals surface area contributed by atoms with E-state index in [1.807, 2.05) is 126 Å². The first-order valence-corrected chi connectivity index (χ1v) is 45.7. The molecule has 0 bridgehead atoms. The third-order valence-electron chi connectivity index (χ3n) is 17.6. The number of carbonyl (C=O) groups excluding carboxylic acids is 4. The fourth-order valence-electron chi connectivity index (χ4n) is 11.3. The summed E-state index contributed by atoms with van der Waals surface area (Å²) in [5.74, 6) is 8.15. The number of halogens is 13. The number of aliphatic hydroxyl groups is 9. The zero-order valence-electron chi connectivity index (χ0n) is 78.2. The van der Waals surface area contributed by atoms with Crippen LogP contribution in [0.3, 0.4) is 0 Å². The summed E-state index contributed by atoms with van der Waals surface area (Å²) >= 11 is 13.1. The van der Waals surface area contributed by atoms with Gasteiger partial charge in [-0.1, -0.05) is 254 Å². The number of esters is 1. The number of hydrogen-bond acceptors (Lipinski definition) is 20. The van der Waals surface area contributed by atoms with E-state index in [2.05, 4.69) is 98.1 Å². The second-order valence-corrected chi connectivity index (χ2v) is 32.5. The van der Waals surface area contributed by atoms with Crippen LogP contribution in [0, 0.1) is 47.4 Å². The quantitative estimate of drug-likeness (QED) is 0.00655. The molecule has 20 N–H and O–H groups in total. The zero-order valence-corrected chi connectivity index (χ0v) is 83.6. The largest absolute Gasteiger partial charge is 1.00 e. The number of aldehydes is 1. The van der Waals surface area contributed by atoms with Crippen LogP contribution in [0.5, 0.6) is 0 Å².